The number of fused-ring (bicyclic) bond motifs is 1. The highest BCUT2D eigenvalue weighted by atomic mass is 79.9. The molecule has 3 rings (SSSR count). The van der Waals surface area contributed by atoms with Gasteiger partial charge in [-0.25, -0.2) is 5.43 Å². The molecule has 1 N–H and O–H groups in total. The number of thioether (sulfide) groups is 1. The first-order valence-electron chi connectivity index (χ1n) is 7.27. The Morgan fingerprint density at radius 3 is 2.75 bits per heavy atom. The van der Waals surface area contributed by atoms with Crippen LogP contribution in [0.4, 0.5) is 0 Å². The molecular weight excluding hydrogens is 392 g/mol. The lowest BCUT2D eigenvalue weighted by atomic mass is 10.2. The van der Waals surface area contributed by atoms with Gasteiger partial charge in [-0.15, -0.1) is 11.8 Å². The Labute approximate surface area is 152 Å². The predicted molar refractivity (Wildman–Crippen MR) is 97.8 cm³/mol. The Kier molecular flexibility index (Phi) is 5.42. The second kappa shape index (κ2) is 7.72. The second-order valence-electron chi connectivity index (χ2n) is 5.03. The Bertz CT molecular complexity index is 768. The van der Waals surface area contributed by atoms with E-state index in [-0.39, 0.29) is 18.0 Å². The third-order valence-corrected chi connectivity index (χ3v) is 5.09. The maximum Gasteiger partial charge on any atom is 0.253 e. The Balaban J connectivity index is 1.59. The van der Waals surface area contributed by atoms with Gasteiger partial charge < -0.3 is 9.47 Å². The first-order chi connectivity index (χ1) is 11.6. The highest BCUT2D eigenvalue weighted by Gasteiger charge is 2.16. The number of nitrogens with zero attached hydrogens (tertiary/aromatic N) is 1. The van der Waals surface area contributed by atoms with E-state index in [1.807, 2.05) is 49.4 Å². The topological polar surface area (TPSA) is 59.9 Å². The minimum absolute atomic E-state index is 0.156. The monoisotopic (exact) mass is 406 g/mol. The highest BCUT2D eigenvalue weighted by molar-refractivity contribution is 9.10. The van der Waals surface area contributed by atoms with Gasteiger partial charge in [-0.1, -0.05) is 18.2 Å². The van der Waals surface area contributed by atoms with E-state index in [2.05, 4.69) is 26.5 Å². The van der Waals surface area contributed by atoms with Gasteiger partial charge in [-0.2, -0.15) is 5.10 Å². The van der Waals surface area contributed by atoms with Gasteiger partial charge in [0.2, 0.25) is 6.79 Å². The van der Waals surface area contributed by atoms with Gasteiger partial charge in [0, 0.05) is 14.9 Å². The molecular formula is C17H15BrN2O3S. The quantitative estimate of drug-likeness (QED) is 0.465. The molecule has 24 heavy (non-hydrogen) atoms. The molecule has 1 amide bonds. The van der Waals surface area contributed by atoms with Crippen LogP contribution in [-0.4, -0.2) is 24.2 Å². The lowest BCUT2D eigenvalue weighted by molar-refractivity contribution is -0.120. The lowest BCUT2D eigenvalue weighted by Gasteiger charge is -2.09. The maximum absolute atomic E-state index is 12.1. The Hall–Kier alpha value is -1.99. The number of carbonyl (C=O) groups is 1. The van der Waals surface area contributed by atoms with Gasteiger partial charge in [-0.05, 0) is 47.1 Å². The number of hydrogen-bond acceptors (Lipinski definition) is 5. The van der Waals surface area contributed by atoms with E-state index >= 15 is 0 Å². The zero-order valence-corrected chi connectivity index (χ0v) is 15.3. The maximum atomic E-state index is 12.1. The molecule has 0 fully saturated rings. The van der Waals surface area contributed by atoms with Crippen molar-refractivity contribution in [3.8, 4) is 11.5 Å². The standard InChI is InChI=1S/C17H15BrN2O3S/c1-11(24-13-5-3-2-4-6-13)17(21)20-19-9-12-7-15-16(8-14(12)18)23-10-22-15/h2-9,11H,10H2,1H3,(H,20,21)/b19-9-/t11-/m0/s1. The number of rotatable bonds is 5. The Morgan fingerprint density at radius 2 is 2.00 bits per heavy atom. The van der Waals surface area contributed by atoms with E-state index in [4.69, 9.17) is 9.47 Å². The number of ether oxygens (including phenoxy) is 2. The van der Waals surface area contributed by atoms with Gasteiger partial charge in [-0.3, -0.25) is 4.79 Å². The van der Waals surface area contributed by atoms with Crippen molar-refractivity contribution in [1.29, 1.82) is 0 Å². The van der Waals surface area contributed by atoms with E-state index in [9.17, 15) is 4.79 Å². The average Bonchev–Trinajstić information content (AvgIpc) is 3.02. The number of hydrazone groups is 1. The molecule has 2 aromatic rings. The van der Waals surface area contributed by atoms with Crippen LogP contribution in [0.2, 0.25) is 0 Å². The second-order valence-corrected chi connectivity index (χ2v) is 7.30. The van der Waals surface area contributed by atoms with Crippen LogP contribution in [-0.2, 0) is 4.79 Å². The van der Waals surface area contributed by atoms with Crippen LogP contribution in [0.5, 0.6) is 11.5 Å². The zero-order valence-electron chi connectivity index (χ0n) is 12.9. The molecule has 2 aromatic carbocycles. The number of halogens is 1. The number of nitrogens with one attached hydrogen (secondary N) is 1. The van der Waals surface area contributed by atoms with Crippen LogP contribution in [0.25, 0.3) is 0 Å². The number of hydrogen-bond donors (Lipinski definition) is 1. The van der Waals surface area contributed by atoms with Crippen LogP contribution in [0.3, 0.4) is 0 Å². The van der Waals surface area contributed by atoms with Crippen molar-refractivity contribution < 1.29 is 14.3 Å². The van der Waals surface area contributed by atoms with Crippen LogP contribution < -0.4 is 14.9 Å². The molecule has 0 bridgehead atoms. The molecule has 124 valence electrons. The summed E-state index contributed by atoms with van der Waals surface area (Å²) in [7, 11) is 0. The third kappa shape index (κ3) is 4.10. The molecule has 1 aliphatic heterocycles. The molecule has 1 aliphatic rings. The van der Waals surface area contributed by atoms with Crippen molar-refractivity contribution in [2.75, 3.05) is 6.79 Å². The molecule has 5 nitrogen and oxygen atoms in total. The molecule has 0 saturated heterocycles. The first-order valence-corrected chi connectivity index (χ1v) is 8.94. The summed E-state index contributed by atoms with van der Waals surface area (Å²) >= 11 is 4.93. The van der Waals surface area contributed by atoms with E-state index in [1.54, 1.807) is 6.21 Å². The van der Waals surface area contributed by atoms with Gasteiger partial charge in [0.05, 0.1) is 11.5 Å². The third-order valence-electron chi connectivity index (χ3n) is 3.30. The first kappa shape index (κ1) is 16.9. The predicted octanol–water partition coefficient (Wildman–Crippen LogP) is 3.81. The molecule has 0 radical (unpaired) electrons. The van der Waals surface area contributed by atoms with Crippen molar-refractivity contribution in [2.45, 2.75) is 17.1 Å². The van der Waals surface area contributed by atoms with Crippen molar-refractivity contribution in [3.63, 3.8) is 0 Å². The smallest absolute Gasteiger partial charge is 0.253 e. The molecule has 1 heterocycles. The van der Waals surface area contributed by atoms with Crippen LogP contribution in [0.15, 0.2) is 56.9 Å². The van der Waals surface area contributed by atoms with Gasteiger partial charge in [0.25, 0.3) is 5.91 Å². The summed E-state index contributed by atoms with van der Waals surface area (Å²) in [5.74, 6) is 1.20. The minimum atomic E-state index is -0.246. The van der Waals surface area contributed by atoms with Crippen molar-refractivity contribution >= 4 is 39.8 Å². The van der Waals surface area contributed by atoms with E-state index in [0.717, 1.165) is 14.9 Å². The molecule has 0 saturated carbocycles. The molecule has 7 heteroatoms. The highest BCUT2D eigenvalue weighted by Crippen LogP contribution is 2.36. The lowest BCUT2D eigenvalue weighted by Crippen LogP contribution is -2.26. The molecule has 0 aromatic heterocycles. The summed E-state index contributed by atoms with van der Waals surface area (Å²) < 4.78 is 11.4. The average molecular weight is 407 g/mol. The molecule has 0 spiro atoms. The molecule has 0 unspecified atom stereocenters. The fourth-order valence-corrected chi connectivity index (χ4v) is 3.35. The van der Waals surface area contributed by atoms with Crippen LogP contribution in [0.1, 0.15) is 12.5 Å². The number of amides is 1. The van der Waals surface area contributed by atoms with Crippen LogP contribution >= 0.6 is 27.7 Å². The van der Waals surface area contributed by atoms with Crippen molar-refractivity contribution in [3.05, 3.63) is 52.5 Å². The summed E-state index contributed by atoms with van der Waals surface area (Å²) in [6.45, 7) is 2.06. The molecule has 0 aliphatic carbocycles. The van der Waals surface area contributed by atoms with Gasteiger partial charge in [0.1, 0.15) is 0 Å². The van der Waals surface area contributed by atoms with E-state index in [1.165, 1.54) is 11.8 Å². The Morgan fingerprint density at radius 1 is 1.29 bits per heavy atom. The number of benzene rings is 2. The minimum Gasteiger partial charge on any atom is -0.454 e. The van der Waals surface area contributed by atoms with E-state index < -0.39 is 0 Å². The fraction of sp³-hybridized carbons (Fsp3) is 0.176. The summed E-state index contributed by atoms with van der Waals surface area (Å²) in [6, 6.07) is 13.4. The van der Waals surface area contributed by atoms with Gasteiger partial charge in [0.15, 0.2) is 11.5 Å². The number of carbonyl (C=O) groups excluding carboxylic acids is 1. The van der Waals surface area contributed by atoms with Crippen molar-refractivity contribution in [1.82, 2.24) is 5.43 Å². The molecule has 1 atom stereocenters. The summed E-state index contributed by atoms with van der Waals surface area (Å²) in [5, 5.41) is 3.78. The summed E-state index contributed by atoms with van der Waals surface area (Å²) in [5.41, 5.74) is 3.36. The SMILES string of the molecule is C[C@H](Sc1ccccc1)C(=O)N/N=C\c1cc2c(cc1Br)OCO2. The summed E-state index contributed by atoms with van der Waals surface area (Å²) in [4.78, 5) is 13.2. The van der Waals surface area contributed by atoms with Crippen molar-refractivity contribution in [2.24, 2.45) is 5.10 Å². The normalized spacial score (nSPS) is 13.9. The summed E-state index contributed by atoms with van der Waals surface area (Å²) in [6.07, 6.45) is 1.57. The van der Waals surface area contributed by atoms with E-state index in [0.29, 0.717) is 11.5 Å². The largest absolute Gasteiger partial charge is 0.454 e. The van der Waals surface area contributed by atoms with Crippen LogP contribution in [0, 0.1) is 0 Å². The fourth-order valence-electron chi connectivity index (χ4n) is 2.04. The van der Waals surface area contributed by atoms with Gasteiger partial charge >= 0.3 is 0 Å². The zero-order chi connectivity index (χ0) is 16.9.